The fourth-order valence-electron chi connectivity index (χ4n) is 2.21. The highest BCUT2D eigenvalue weighted by Crippen LogP contribution is 2.31. The van der Waals surface area contributed by atoms with Crippen molar-refractivity contribution < 1.29 is 14.1 Å². The van der Waals surface area contributed by atoms with Crippen molar-refractivity contribution in [1.82, 2.24) is 5.43 Å². The summed E-state index contributed by atoms with van der Waals surface area (Å²) in [5, 5.41) is 15.4. The Balaban J connectivity index is 1.66. The van der Waals surface area contributed by atoms with E-state index in [0.717, 1.165) is 0 Å². The molecule has 0 aliphatic heterocycles. The molecule has 0 aliphatic carbocycles. The molecule has 0 fully saturated rings. The minimum Gasteiger partial charge on any atom is -0.455 e. The number of nitro groups is 1. The van der Waals surface area contributed by atoms with Gasteiger partial charge in [-0.1, -0.05) is 23.2 Å². The summed E-state index contributed by atoms with van der Waals surface area (Å²) in [6, 6.07) is 13.6. The second-order valence-corrected chi connectivity index (χ2v) is 6.17. The number of amides is 1. The minimum absolute atomic E-state index is 0.0992. The van der Waals surface area contributed by atoms with E-state index in [9.17, 15) is 14.9 Å². The van der Waals surface area contributed by atoms with Gasteiger partial charge in [-0.15, -0.1) is 0 Å². The highest BCUT2D eigenvalue weighted by molar-refractivity contribution is 6.35. The number of nitro benzene ring substituents is 1. The topological polar surface area (TPSA) is 97.7 Å². The van der Waals surface area contributed by atoms with E-state index in [2.05, 4.69) is 10.5 Å². The van der Waals surface area contributed by atoms with E-state index in [1.165, 1.54) is 30.5 Å². The fourth-order valence-corrected chi connectivity index (χ4v) is 2.59. The highest BCUT2D eigenvalue weighted by atomic mass is 35.5. The number of benzene rings is 2. The first-order valence-corrected chi connectivity index (χ1v) is 8.33. The lowest BCUT2D eigenvalue weighted by Gasteiger charge is -2.01. The van der Waals surface area contributed by atoms with Gasteiger partial charge in [0, 0.05) is 28.3 Å². The molecule has 0 saturated heterocycles. The highest BCUT2D eigenvalue weighted by Gasteiger charge is 2.10. The molecular weight excluding hydrogens is 393 g/mol. The summed E-state index contributed by atoms with van der Waals surface area (Å²) in [5.74, 6) is 0.390. The van der Waals surface area contributed by atoms with Gasteiger partial charge in [-0.05, 0) is 42.5 Å². The summed E-state index contributed by atoms with van der Waals surface area (Å²) in [5.41, 5.74) is 3.10. The van der Waals surface area contributed by atoms with E-state index in [-0.39, 0.29) is 11.3 Å². The van der Waals surface area contributed by atoms with Gasteiger partial charge in [0.1, 0.15) is 11.5 Å². The smallest absolute Gasteiger partial charge is 0.271 e. The van der Waals surface area contributed by atoms with E-state index < -0.39 is 10.8 Å². The maximum atomic E-state index is 12.0. The maximum absolute atomic E-state index is 12.0. The third kappa shape index (κ3) is 4.52. The predicted molar refractivity (Wildman–Crippen MR) is 102 cm³/mol. The molecule has 3 rings (SSSR count). The van der Waals surface area contributed by atoms with Crippen LogP contribution in [0.25, 0.3) is 11.3 Å². The van der Waals surface area contributed by atoms with Crippen molar-refractivity contribution in [1.29, 1.82) is 0 Å². The van der Waals surface area contributed by atoms with Crippen molar-refractivity contribution in [2.24, 2.45) is 5.10 Å². The number of carbonyl (C=O) groups is 1. The van der Waals surface area contributed by atoms with Crippen LogP contribution in [-0.2, 0) is 0 Å². The van der Waals surface area contributed by atoms with Gasteiger partial charge < -0.3 is 4.42 Å². The first-order valence-electron chi connectivity index (χ1n) is 7.57. The molecule has 0 atom stereocenters. The molecule has 1 N–H and O–H groups in total. The SMILES string of the molecule is O=C(N/N=C\c1ccc(-c2cc(Cl)ccc2Cl)o1)c1ccc([N+](=O)[O-])cc1. The Bertz CT molecular complexity index is 1030. The van der Waals surface area contributed by atoms with Crippen LogP contribution in [0.3, 0.4) is 0 Å². The molecule has 0 saturated carbocycles. The minimum atomic E-state index is -0.541. The van der Waals surface area contributed by atoms with Gasteiger partial charge in [0.05, 0.1) is 16.2 Å². The van der Waals surface area contributed by atoms with Crippen molar-refractivity contribution in [2.45, 2.75) is 0 Å². The van der Waals surface area contributed by atoms with Crippen molar-refractivity contribution >= 4 is 41.0 Å². The molecule has 2 aromatic carbocycles. The summed E-state index contributed by atoms with van der Waals surface area (Å²) in [6.45, 7) is 0. The molecule has 0 bridgehead atoms. The van der Waals surface area contributed by atoms with Crippen molar-refractivity contribution in [3.8, 4) is 11.3 Å². The second-order valence-electron chi connectivity index (χ2n) is 5.33. The number of rotatable bonds is 5. The molecule has 1 heterocycles. The monoisotopic (exact) mass is 403 g/mol. The zero-order valence-corrected chi connectivity index (χ0v) is 15.1. The molecular formula is C18H11Cl2N3O4. The standard InChI is InChI=1S/C18H11Cl2N3O4/c19-12-3-7-16(20)15(9-12)17-8-6-14(27-17)10-21-22-18(24)11-1-4-13(5-2-11)23(25)26/h1-10H,(H,22,24)/b21-10-. The van der Waals surface area contributed by atoms with Crippen LogP contribution in [0.4, 0.5) is 5.69 Å². The zero-order valence-electron chi connectivity index (χ0n) is 13.6. The van der Waals surface area contributed by atoms with E-state index in [0.29, 0.717) is 27.1 Å². The lowest BCUT2D eigenvalue weighted by Crippen LogP contribution is -2.17. The Kier molecular flexibility index (Phi) is 5.54. The van der Waals surface area contributed by atoms with Crippen LogP contribution in [0.5, 0.6) is 0 Å². The number of hydrogen-bond acceptors (Lipinski definition) is 5. The first-order chi connectivity index (χ1) is 12.9. The number of furan rings is 1. The number of nitrogens with one attached hydrogen (secondary N) is 1. The van der Waals surface area contributed by atoms with Crippen LogP contribution in [0, 0.1) is 10.1 Å². The largest absolute Gasteiger partial charge is 0.455 e. The third-order valence-corrected chi connectivity index (χ3v) is 4.08. The summed E-state index contributed by atoms with van der Waals surface area (Å²) < 4.78 is 5.62. The number of hydrogen-bond donors (Lipinski definition) is 1. The van der Waals surface area contributed by atoms with E-state index in [1.54, 1.807) is 30.3 Å². The molecule has 0 aliphatic rings. The number of carbonyl (C=O) groups excluding carboxylic acids is 1. The second kappa shape index (κ2) is 8.03. The maximum Gasteiger partial charge on any atom is 0.271 e. The predicted octanol–water partition coefficient (Wildman–Crippen LogP) is 4.93. The Morgan fingerprint density at radius 2 is 1.85 bits per heavy atom. The van der Waals surface area contributed by atoms with Crippen LogP contribution in [0.15, 0.2) is 64.1 Å². The molecule has 3 aromatic rings. The molecule has 0 unspecified atom stereocenters. The molecule has 1 amide bonds. The molecule has 0 spiro atoms. The summed E-state index contributed by atoms with van der Waals surface area (Å²) in [6.07, 6.45) is 1.32. The quantitative estimate of drug-likeness (QED) is 0.371. The van der Waals surface area contributed by atoms with Crippen LogP contribution < -0.4 is 5.43 Å². The average Bonchev–Trinajstić information content (AvgIpc) is 3.12. The summed E-state index contributed by atoms with van der Waals surface area (Å²) in [4.78, 5) is 22.0. The van der Waals surface area contributed by atoms with E-state index >= 15 is 0 Å². The molecule has 9 heteroatoms. The number of non-ortho nitro benzene ring substituents is 1. The number of nitrogens with zero attached hydrogens (tertiary/aromatic N) is 2. The lowest BCUT2D eigenvalue weighted by molar-refractivity contribution is -0.384. The van der Waals surface area contributed by atoms with Gasteiger partial charge in [0.25, 0.3) is 11.6 Å². The average molecular weight is 404 g/mol. The molecule has 7 nitrogen and oxygen atoms in total. The Hall–Kier alpha value is -3.16. The van der Waals surface area contributed by atoms with Gasteiger partial charge >= 0.3 is 0 Å². The van der Waals surface area contributed by atoms with E-state index in [1.807, 2.05) is 0 Å². The Morgan fingerprint density at radius 1 is 1.11 bits per heavy atom. The molecule has 27 heavy (non-hydrogen) atoms. The normalized spacial score (nSPS) is 10.9. The summed E-state index contributed by atoms with van der Waals surface area (Å²) in [7, 11) is 0. The zero-order chi connectivity index (χ0) is 19.4. The molecule has 136 valence electrons. The van der Waals surface area contributed by atoms with Crippen LogP contribution in [-0.4, -0.2) is 17.0 Å². The van der Waals surface area contributed by atoms with Crippen LogP contribution in [0.1, 0.15) is 16.1 Å². The fraction of sp³-hybridized carbons (Fsp3) is 0. The molecule has 1 aromatic heterocycles. The van der Waals surface area contributed by atoms with Gasteiger partial charge in [-0.2, -0.15) is 5.10 Å². The Labute approximate surface area is 163 Å². The van der Waals surface area contributed by atoms with E-state index in [4.69, 9.17) is 27.6 Å². The number of halogens is 2. The van der Waals surface area contributed by atoms with Gasteiger partial charge in [0.2, 0.25) is 0 Å². The van der Waals surface area contributed by atoms with Crippen molar-refractivity contribution in [2.75, 3.05) is 0 Å². The Morgan fingerprint density at radius 3 is 2.56 bits per heavy atom. The van der Waals surface area contributed by atoms with Crippen molar-refractivity contribution in [3.05, 3.63) is 86.1 Å². The van der Waals surface area contributed by atoms with Crippen LogP contribution >= 0.6 is 23.2 Å². The van der Waals surface area contributed by atoms with Crippen LogP contribution in [0.2, 0.25) is 10.0 Å². The first kappa shape index (κ1) is 18.6. The lowest BCUT2D eigenvalue weighted by atomic mass is 10.2. The summed E-state index contributed by atoms with van der Waals surface area (Å²) >= 11 is 12.1. The van der Waals surface area contributed by atoms with Gasteiger partial charge in [-0.3, -0.25) is 14.9 Å². The third-order valence-electron chi connectivity index (χ3n) is 3.52. The van der Waals surface area contributed by atoms with Gasteiger partial charge in [0.15, 0.2) is 0 Å². The number of hydrazone groups is 1. The van der Waals surface area contributed by atoms with Gasteiger partial charge in [-0.25, -0.2) is 5.43 Å². The molecule has 0 radical (unpaired) electrons. The van der Waals surface area contributed by atoms with Crippen molar-refractivity contribution in [3.63, 3.8) is 0 Å².